The molecule has 0 bridgehead atoms. The average Bonchev–Trinajstić information content (AvgIpc) is 2.34. The third-order valence-corrected chi connectivity index (χ3v) is 1.66. The van der Waals surface area contributed by atoms with Crippen molar-refractivity contribution in [1.29, 1.82) is 0 Å². The molecule has 1 aromatic carbocycles. The predicted octanol–water partition coefficient (Wildman–Crippen LogP) is 1.03. The van der Waals surface area contributed by atoms with Crippen LogP contribution in [-0.4, -0.2) is 0 Å². The molecule has 10 heavy (non-hydrogen) atoms. The lowest BCUT2D eigenvalue weighted by atomic mass is 10.3. The second kappa shape index (κ2) is 1.95. The third-order valence-electron chi connectivity index (χ3n) is 1.38. The van der Waals surface area contributed by atoms with Crippen molar-refractivity contribution in [3.63, 3.8) is 0 Å². The van der Waals surface area contributed by atoms with Gasteiger partial charge in [-0.2, -0.15) is 0 Å². The Morgan fingerprint density at radius 3 is 2.90 bits per heavy atom. The Bertz CT molecular complexity index is 355. The van der Waals surface area contributed by atoms with Crippen molar-refractivity contribution in [1.82, 2.24) is 0 Å². The number of aromatic nitrogens is 1. The quantitative estimate of drug-likeness (QED) is 0.413. The normalized spacial score (nSPS) is 10.4. The first kappa shape index (κ1) is 5.68. The maximum absolute atomic E-state index is 5.11. The number of hydrogen-bond donors (Lipinski definition) is 0. The summed E-state index contributed by atoms with van der Waals surface area (Å²) in [4.78, 5) is 0. The van der Waals surface area contributed by atoms with Crippen molar-refractivity contribution in [2.75, 3.05) is 0 Å². The molecular formula is C7H5NOS. The zero-order valence-electron chi connectivity index (χ0n) is 5.15. The first-order valence-corrected chi connectivity index (χ1v) is 3.30. The number of para-hydroxylation sites is 2. The molecule has 0 N–H and O–H groups in total. The van der Waals surface area contributed by atoms with Crippen molar-refractivity contribution < 1.29 is 8.39 Å². The molecule has 0 aliphatic carbocycles. The van der Waals surface area contributed by atoms with Gasteiger partial charge in [-0.05, 0) is 6.07 Å². The lowest BCUT2D eigenvalue weighted by Crippen LogP contribution is -2.22. The molecule has 2 aromatic rings. The molecule has 0 amide bonds. The van der Waals surface area contributed by atoms with Gasteiger partial charge in [-0.3, -0.25) is 3.97 Å². The van der Waals surface area contributed by atoms with Gasteiger partial charge in [0.15, 0.2) is 0 Å². The molecular weight excluding hydrogens is 146 g/mol. The van der Waals surface area contributed by atoms with Crippen LogP contribution in [0.1, 0.15) is 0 Å². The van der Waals surface area contributed by atoms with E-state index in [1.54, 1.807) is 0 Å². The third kappa shape index (κ3) is 0.675. The second-order valence-electron chi connectivity index (χ2n) is 2.02. The summed E-state index contributed by atoms with van der Waals surface area (Å²) >= 11 is 4.91. The molecule has 1 aromatic heterocycles. The molecule has 1 heterocycles. The highest BCUT2D eigenvalue weighted by molar-refractivity contribution is 7.51. The van der Waals surface area contributed by atoms with E-state index in [9.17, 15) is 0 Å². The van der Waals surface area contributed by atoms with Gasteiger partial charge >= 0.3 is 6.39 Å². The van der Waals surface area contributed by atoms with E-state index in [-0.39, 0.29) is 0 Å². The summed E-state index contributed by atoms with van der Waals surface area (Å²) in [6.07, 6.45) is 1.51. The van der Waals surface area contributed by atoms with E-state index in [4.69, 9.17) is 17.2 Å². The number of nitrogens with zero attached hydrogens (tertiary/aromatic N) is 1. The van der Waals surface area contributed by atoms with Crippen LogP contribution in [0, 0.1) is 0 Å². The molecule has 0 spiro atoms. The van der Waals surface area contributed by atoms with Gasteiger partial charge in [0.1, 0.15) is 0 Å². The van der Waals surface area contributed by atoms with E-state index >= 15 is 0 Å². The van der Waals surface area contributed by atoms with Gasteiger partial charge in [-0.1, -0.05) is 12.1 Å². The van der Waals surface area contributed by atoms with Gasteiger partial charge in [0, 0.05) is 6.07 Å². The van der Waals surface area contributed by atoms with Crippen LogP contribution in [0.25, 0.3) is 11.1 Å². The van der Waals surface area contributed by atoms with Crippen LogP contribution in [0.4, 0.5) is 0 Å². The number of fused-ring (bicyclic) bond motifs is 1. The largest absolute Gasteiger partial charge is 0.423 e. The highest BCUT2D eigenvalue weighted by atomic mass is 32.1. The standard InChI is InChI=1S/C7H5NOS/c10-8-5-9-7-4-2-1-3-6(7)8/h1-5H. The van der Waals surface area contributed by atoms with Gasteiger partial charge in [0.2, 0.25) is 11.1 Å². The van der Waals surface area contributed by atoms with E-state index in [1.165, 1.54) is 10.4 Å². The summed E-state index contributed by atoms with van der Waals surface area (Å²) in [5.41, 5.74) is 1.77. The van der Waals surface area contributed by atoms with E-state index in [2.05, 4.69) is 0 Å². The fourth-order valence-corrected chi connectivity index (χ4v) is 1.09. The number of rotatable bonds is 0. The zero-order valence-corrected chi connectivity index (χ0v) is 5.97. The smallest absolute Gasteiger partial charge is 0.320 e. The Labute approximate surface area is 63.6 Å². The molecule has 0 atom stereocenters. The molecule has 2 rings (SSSR count). The van der Waals surface area contributed by atoms with Crippen molar-refractivity contribution in [2.45, 2.75) is 0 Å². The Balaban J connectivity index is 2.93. The number of oxazole rings is 1. The van der Waals surface area contributed by atoms with Gasteiger partial charge in [0.25, 0.3) is 0 Å². The van der Waals surface area contributed by atoms with Crippen molar-refractivity contribution in [2.24, 2.45) is 0 Å². The summed E-state index contributed by atoms with van der Waals surface area (Å²) in [5, 5.41) is 0. The molecule has 3 heteroatoms. The van der Waals surface area contributed by atoms with Gasteiger partial charge in [0.05, 0.1) is 0 Å². The molecule has 0 aliphatic rings. The van der Waals surface area contributed by atoms with E-state index in [0.29, 0.717) is 0 Å². The number of hydrogen-bond acceptors (Lipinski definition) is 2. The molecule has 0 aliphatic heterocycles. The van der Waals surface area contributed by atoms with Crippen LogP contribution in [0.2, 0.25) is 0 Å². The lowest BCUT2D eigenvalue weighted by molar-refractivity contribution is -0.468. The summed E-state index contributed by atoms with van der Waals surface area (Å²) in [6.45, 7) is 0. The molecule has 0 fully saturated rings. The molecule has 0 saturated carbocycles. The minimum atomic E-state index is 0.831. The molecule has 0 radical (unpaired) electrons. The average molecular weight is 151 g/mol. The van der Waals surface area contributed by atoms with E-state index in [1.807, 2.05) is 24.3 Å². The first-order valence-electron chi connectivity index (χ1n) is 2.93. The van der Waals surface area contributed by atoms with Crippen molar-refractivity contribution in [3.05, 3.63) is 30.7 Å². The monoisotopic (exact) mass is 151 g/mol. The van der Waals surface area contributed by atoms with Gasteiger partial charge in [-0.25, -0.2) is 0 Å². The highest BCUT2D eigenvalue weighted by Gasteiger charge is 2.01. The topological polar surface area (TPSA) is 17.0 Å². The van der Waals surface area contributed by atoms with Crippen LogP contribution in [-0.2, 0) is 12.8 Å². The molecule has 50 valence electrons. The predicted molar refractivity (Wildman–Crippen MR) is 39.2 cm³/mol. The maximum atomic E-state index is 5.11. The Hall–Kier alpha value is -1.09. The van der Waals surface area contributed by atoms with E-state index < -0.39 is 0 Å². The fourth-order valence-electron chi connectivity index (χ4n) is 0.900. The molecule has 0 unspecified atom stereocenters. The SMILES string of the molecule is [S-][n+]1coc2ccccc21. The summed E-state index contributed by atoms with van der Waals surface area (Å²) in [6, 6.07) is 7.66. The van der Waals surface area contributed by atoms with Crippen LogP contribution in [0.5, 0.6) is 0 Å². The molecule has 0 saturated heterocycles. The summed E-state index contributed by atoms with van der Waals surface area (Å²) < 4.78 is 6.64. The van der Waals surface area contributed by atoms with Crippen LogP contribution in [0.3, 0.4) is 0 Å². The van der Waals surface area contributed by atoms with Crippen LogP contribution < -0.4 is 3.97 Å². The lowest BCUT2D eigenvalue weighted by Gasteiger charge is -1.86. The van der Waals surface area contributed by atoms with Crippen LogP contribution in [0.15, 0.2) is 35.1 Å². The highest BCUT2D eigenvalue weighted by Crippen LogP contribution is 2.07. The maximum Gasteiger partial charge on any atom is 0.320 e. The van der Waals surface area contributed by atoms with E-state index in [0.717, 1.165) is 11.1 Å². The first-order chi connectivity index (χ1) is 4.88. The van der Waals surface area contributed by atoms with Gasteiger partial charge in [-0.15, -0.1) is 0 Å². The fraction of sp³-hybridized carbons (Fsp3) is 0. The minimum Gasteiger partial charge on any atom is -0.423 e. The zero-order chi connectivity index (χ0) is 6.97. The second-order valence-corrected chi connectivity index (χ2v) is 2.41. The Morgan fingerprint density at radius 2 is 2.10 bits per heavy atom. The Morgan fingerprint density at radius 1 is 1.30 bits per heavy atom. The summed E-state index contributed by atoms with van der Waals surface area (Å²) in [5.74, 6) is 0. The van der Waals surface area contributed by atoms with Crippen molar-refractivity contribution >= 4 is 23.9 Å². The molecule has 2 nitrogen and oxygen atoms in total. The summed E-state index contributed by atoms with van der Waals surface area (Å²) in [7, 11) is 0. The van der Waals surface area contributed by atoms with Crippen LogP contribution >= 0.6 is 0 Å². The van der Waals surface area contributed by atoms with Gasteiger partial charge < -0.3 is 17.2 Å². The Kier molecular flexibility index (Phi) is 1.11. The number of benzene rings is 1. The minimum absolute atomic E-state index is 0.831. The van der Waals surface area contributed by atoms with Crippen molar-refractivity contribution in [3.8, 4) is 0 Å².